The van der Waals surface area contributed by atoms with Crippen LogP contribution in [0.1, 0.15) is 34.4 Å². The van der Waals surface area contributed by atoms with Crippen molar-refractivity contribution in [2.75, 3.05) is 0 Å². The molecule has 0 aliphatic heterocycles. The first-order valence-corrected chi connectivity index (χ1v) is 11.0. The minimum absolute atomic E-state index is 0. The second kappa shape index (κ2) is 13.9. The van der Waals surface area contributed by atoms with Gasteiger partial charge in [0.2, 0.25) is 18.2 Å². The van der Waals surface area contributed by atoms with E-state index in [-0.39, 0.29) is 24.8 Å². The average molecular weight is 533 g/mol. The third kappa shape index (κ3) is 7.45. The minimum Gasteiger partial charge on any atom is -0.461 e. The van der Waals surface area contributed by atoms with Crippen molar-refractivity contribution in [3.63, 3.8) is 0 Å². The molecule has 0 unspecified atom stereocenters. The Kier molecular flexibility index (Phi) is 10.0. The Labute approximate surface area is 221 Å². The number of carbonyl (C=O) groups is 2. The Morgan fingerprint density at radius 3 is 1.68 bits per heavy atom. The van der Waals surface area contributed by atoms with E-state index in [9.17, 15) is 9.59 Å². The predicted molar refractivity (Wildman–Crippen MR) is 137 cm³/mol. The first-order valence-electron chi connectivity index (χ1n) is 10.6. The van der Waals surface area contributed by atoms with E-state index >= 15 is 0 Å². The monoisotopic (exact) mass is 532 g/mol. The number of nitrogens with zero attached hydrogens (tertiary/aromatic N) is 4. The van der Waals surface area contributed by atoms with Crippen LogP contribution in [0.2, 0.25) is 0 Å². The highest BCUT2D eigenvalue weighted by molar-refractivity contribution is 6.67. The van der Waals surface area contributed by atoms with E-state index in [2.05, 4.69) is 24.8 Å². The molecule has 0 spiro atoms. The molecule has 10 nitrogen and oxygen atoms in total. The Morgan fingerprint density at radius 2 is 1.21 bits per heavy atom. The van der Waals surface area contributed by atoms with Crippen LogP contribution < -0.4 is 0 Å². The molecule has 38 heavy (non-hydrogen) atoms. The number of rotatable bonds is 5. The molecular formula is C27H21ClN4O6. The SMILES string of the molecule is C.O=C(Cl)c1ccco1.O=C(c1ccco1)c1nnc(-c2ccccc2)o1.c1ccc(-c2nnco2)cc1. The van der Waals surface area contributed by atoms with Gasteiger partial charge in [0.05, 0.1) is 12.5 Å². The summed E-state index contributed by atoms with van der Waals surface area (Å²) in [6.07, 6.45) is 4.14. The van der Waals surface area contributed by atoms with Gasteiger partial charge in [-0.3, -0.25) is 9.59 Å². The molecule has 0 aliphatic carbocycles. The maximum Gasteiger partial charge on any atom is 0.292 e. The van der Waals surface area contributed by atoms with Crippen LogP contribution in [-0.2, 0) is 0 Å². The summed E-state index contributed by atoms with van der Waals surface area (Å²) in [7, 11) is 0. The lowest BCUT2D eigenvalue weighted by molar-refractivity contribution is 0.0976. The van der Waals surface area contributed by atoms with Crippen LogP contribution >= 0.6 is 11.6 Å². The van der Waals surface area contributed by atoms with Crippen molar-refractivity contribution in [1.29, 1.82) is 0 Å². The lowest BCUT2D eigenvalue weighted by Gasteiger charge is -1.92. The maximum absolute atomic E-state index is 11.9. The van der Waals surface area contributed by atoms with E-state index < -0.39 is 11.0 Å². The fraction of sp³-hybridized carbons (Fsp3) is 0.0370. The maximum atomic E-state index is 11.9. The lowest BCUT2D eigenvalue weighted by atomic mass is 10.2. The summed E-state index contributed by atoms with van der Waals surface area (Å²) in [6.45, 7) is 0. The Bertz CT molecular complexity index is 1500. The number of halogens is 1. The molecule has 0 amide bonds. The van der Waals surface area contributed by atoms with Gasteiger partial charge in [-0.05, 0) is 60.1 Å². The molecule has 6 rings (SSSR count). The number of ketones is 1. The van der Waals surface area contributed by atoms with E-state index in [1.54, 1.807) is 18.2 Å². The molecular weight excluding hydrogens is 512 g/mol. The smallest absolute Gasteiger partial charge is 0.292 e. The van der Waals surface area contributed by atoms with Crippen LogP contribution in [0.25, 0.3) is 22.9 Å². The summed E-state index contributed by atoms with van der Waals surface area (Å²) >= 11 is 5.01. The zero-order chi connectivity index (χ0) is 25.9. The number of furan rings is 2. The first-order chi connectivity index (χ1) is 18.1. The standard InChI is InChI=1S/C13H8N2O3.C8H6N2O.C5H3ClO2.CH4/c16-11(10-7-4-8-17-10)13-15-14-12(18-13)9-5-2-1-3-6-9;1-2-4-7(5-3-1)8-10-9-6-11-8;6-5(7)4-2-1-3-8-4;/h1-8H;1-6H;1-3H;1H4. The van der Waals surface area contributed by atoms with Crippen LogP contribution in [-0.4, -0.2) is 31.4 Å². The molecule has 192 valence electrons. The van der Waals surface area contributed by atoms with Crippen molar-refractivity contribution in [1.82, 2.24) is 20.4 Å². The number of hydrogen-bond donors (Lipinski definition) is 0. The van der Waals surface area contributed by atoms with Crippen LogP contribution in [0.15, 0.2) is 122 Å². The summed E-state index contributed by atoms with van der Waals surface area (Å²) in [5.74, 6) is 0.736. The molecule has 0 fully saturated rings. The lowest BCUT2D eigenvalue weighted by Crippen LogP contribution is -1.99. The third-order valence-electron chi connectivity index (χ3n) is 4.48. The Morgan fingerprint density at radius 1 is 0.632 bits per heavy atom. The highest BCUT2D eigenvalue weighted by Gasteiger charge is 2.19. The van der Waals surface area contributed by atoms with Crippen LogP contribution in [0, 0.1) is 0 Å². The van der Waals surface area contributed by atoms with Crippen LogP contribution in [0.5, 0.6) is 0 Å². The van der Waals surface area contributed by atoms with E-state index in [0.29, 0.717) is 11.8 Å². The van der Waals surface area contributed by atoms with Crippen molar-refractivity contribution in [2.45, 2.75) is 7.43 Å². The molecule has 6 aromatic rings. The van der Waals surface area contributed by atoms with Gasteiger partial charge in [-0.15, -0.1) is 20.4 Å². The number of benzene rings is 2. The number of aromatic nitrogens is 4. The zero-order valence-corrected chi connectivity index (χ0v) is 19.7. The molecule has 4 aromatic heterocycles. The quantitative estimate of drug-likeness (QED) is 0.176. The molecule has 0 radical (unpaired) electrons. The fourth-order valence-corrected chi connectivity index (χ4v) is 2.90. The topological polar surface area (TPSA) is 138 Å². The highest BCUT2D eigenvalue weighted by atomic mass is 35.5. The van der Waals surface area contributed by atoms with Crippen LogP contribution in [0.3, 0.4) is 0 Å². The summed E-state index contributed by atoms with van der Waals surface area (Å²) in [5, 5.41) is 14.4. The summed E-state index contributed by atoms with van der Waals surface area (Å²) in [5.41, 5.74) is 1.72. The van der Waals surface area contributed by atoms with Crippen molar-refractivity contribution in [2.24, 2.45) is 0 Å². The third-order valence-corrected chi connectivity index (χ3v) is 4.67. The van der Waals surface area contributed by atoms with Gasteiger partial charge in [-0.25, -0.2) is 0 Å². The fourth-order valence-electron chi connectivity index (χ4n) is 2.80. The number of carbonyl (C=O) groups excluding carboxylic acids is 2. The highest BCUT2D eigenvalue weighted by Crippen LogP contribution is 2.18. The van der Waals surface area contributed by atoms with E-state index in [1.165, 1.54) is 25.0 Å². The normalized spacial score (nSPS) is 9.71. The number of hydrogen-bond acceptors (Lipinski definition) is 10. The molecule has 0 saturated carbocycles. The van der Waals surface area contributed by atoms with E-state index in [0.717, 1.165) is 11.1 Å². The second-order valence-electron chi connectivity index (χ2n) is 6.95. The zero-order valence-electron chi connectivity index (χ0n) is 18.9. The molecule has 0 saturated heterocycles. The second-order valence-corrected chi connectivity index (χ2v) is 7.29. The molecule has 11 heteroatoms. The summed E-state index contributed by atoms with van der Waals surface area (Å²) < 4.78 is 19.9. The van der Waals surface area contributed by atoms with Gasteiger partial charge in [-0.2, -0.15) is 0 Å². The minimum atomic E-state index is -0.560. The van der Waals surface area contributed by atoms with Crippen molar-refractivity contribution in [3.8, 4) is 22.9 Å². The van der Waals surface area contributed by atoms with E-state index in [1.807, 2.05) is 60.7 Å². The average Bonchev–Trinajstić information content (AvgIpc) is 3.77. The predicted octanol–water partition coefficient (Wildman–Crippen LogP) is 6.59. The van der Waals surface area contributed by atoms with Crippen molar-refractivity contribution < 1.29 is 27.3 Å². The summed E-state index contributed by atoms with van der Waals surface area (Å²) in [6, 6.07) is 25.2. The van der Waals surface area contributed by atoms with Crippen molar-refractivity contribution >= 4 is 22.6 Å². The van der Waals surface area contributed by atoms with Gasteiger partial charge >= 0.3 is 0 Å². The molecule has 0 bridgehead atoms. The Hall–Kier alpha value is -5.09. The van der Waals surface area contributed by atoms with Gasteiger partial charge in [0.25, 0.3) is 16.9 Å². The molecule has 0 N–H and O–H groups in total. The molecule has 2 aromatic carbocycles. The van der Waals surface area contributed by atoms with Gasteiger partial charge in [0, 0.05) is 11.1 Å². The van der Waals surface area contributed by atoms with Gasteiger partial charge in [-0.1, -0.05) is 43.8 Å². The first kappa shape index (κ1) is 27.5. The Balaban J connectivity index is 0.000000171. The van der Waals surface area contributed by atoms with Crippen molar-refractivity contribution in [3.05, 3.63) is 121 Å². The largest absolute Gasteiger partial charge is 0.461 e. The van der Waals surface area contributed by atoms with Gasteiger partial charge < -0.3 is 17.7 Å². The van der Waals surface area contributed by atoms with E-state index in [4.69, 9.17) is 24.9 Å². The molecule has 0 atom stereocenters. The summed E-state index contributed by atoms with van der Waals surface area (Å²) in [4.78, 5) is 22.0. The molecule has 0 aliphatic rings. The van der Waals surface area contributed by atoms with Crippen LogP contribution in [0.4, 0.5) is 0 Å². The van der Waals surface area contributed by atoms with Gasteiger partial charge in [0.15, 0.2) is 11.5 Å². The van der Waals surface area contributed by atoms with Gasteiger partial charge in [0.1, 0.15) is 0 Å². The molecule has 4 heterocycles.